The third kappa shape index (κ3) is 9.24. The fourth-order valence-electron chi connectivity index (χ4n) is 6.57. The van der Waals surface area contributed by atoms with Gasteiger partial charge < -0.3 is 25.8 Å². The fourth-order valence-corrected chi connectivity index (χ4v) is 6.57. The number of carbonyl (C=O) groups is 4. The maximum atomic E-state index is 15.8. The molecular formula is C34H45F3N8O6. The van der Waals surface area contributed by atoms with Gasteiger partial charge >= 0.3 is 6.03 Å². The Hall–Kier alpha value is -4.51. The van der Waals surface area contributed by atoms with Crippen molar-refractivity contribution in [2.45, 2.75) is 89.3 Å². The molecule has 5 amide bonds. The van der Waals surface area contributed by atoms with Gasteiger partial charge in [-0.2, -0.15) is 8.78 Å². The van der Waals surface area contributed by atoms with E-state index in [2.05, 4.69) is 36.6 Å². The van der Waals surface area contributed by atoms with E-state index in [4.69, 9.17) is 9.47 Å². The van der Waals surface area contributed by atoms with E-state index < -0.39 is 53.7 Å². The summed E-state index contributed by atoms with van der Waals surface area (Å²) in [6.45, 7) is 7.11. The summed E-state index contributed by atoms with van der Waals surface area (Å²) in [6, 6.07) is 1.13. The predicted octanol–water partition coefficient (Wildman–Crippen LogP) is 4.05. The summed E-state index contributed by atoms with van der Waals surface area (Å²) < 4.78 is 47.1. The minimum absolute atomic E-state index is 0.00740. The smallest absolute Gasteiger partial charge is 0.338 e. The number of likely N-dealkylation sites (N-methyl/N-ethyl adjacent to an activating group) is 1. The lowest BCUT2D eigenvalue weighted by Gasteiger charge is -2.40. The first-order chi connectivity index (χ1) is 24.4. The highest BCUT2D eigenvalue weighted by Crippen LogP contribution is 2.40. The van der Waals surface area contributed by atoms with Crippen molar-refractivity contribution in [3.05, 3.63) is 52.6 Å². The largest absolute Gasteiger partial charge is 0.339 e. The predicted molar refractivity (Wildman–Crippen MR) is 178 cm³/mol. The normalized spacial score (nSPS) is 21.3. The zero-order valence-corrected chi connectivity index (χ0v) is 29.1. The molecule has 1 aromatic heterocycles. The van der Waals surface area contributed by atoms with Crippen molar-refractivity contribution >= 4 is 29.4 Å². The van der Waals surface area contributed by atoms with Gasteiger partial charge in [-0.1, -0.05) is 18.1 Å². The molecule has 278 valence electrons. The first-order valence-electron chi connectivity index (χ1n) is 17.3. The Balaban J connectivity index is 1.33. The molecule has 17 heteroatoms. The third-order valence-electron chi connectivity index (χ3n) is 10.0. The van der Waals surface area contributed by atoms with E-state index in [0.717, 1.165) is 12.8 Å². The number of allylic oxidation sites excluding steroid dienone is 1. The van der Waals surface area contributed by atoms with Crippen LogP contribution in [0.5, 0.6) is 0 Å². The van der Waals surface area contributed by atoms with Gasteiger partial charge in [0.25, 0.3) is 12.0 Å². The third-order valence-corrected chi connectivity index (χ3v) is 10.0. The quantitative estimate of drug-likeness (QED) is 0.237. The topological polar surface area (TPSA) is 171 Å². The van der Waals surface area contributed by atoms with Crippen LogP contribution in [0.4, 0.5) is 23.7 Å². The van der Waals surface area contributed by atoms with Crippen LogP contribution in [0, 0.1) is 11.7 Å². The molecule has 3 fully saturated rings. The number of piperazine rings is 1. The lowest BCUT2D eigenvalue weighted by Crippen LogP contribution is -2.59. The average Bonchev–Trinajstić information content (AvgIpc) is 3.85. The van der Waals surface area contributed by atoms with Gasteiger partial charge in [-0.15, -0.1) is 0 Å². The number of anilines is 1. The molecule has 1 aromatic carbocycles. The van der Waals surface area contributed by atoms with E-state index in [1.807, 2.05) is 14.0 Å². The van der Waals surface area contributed by atoms with Gasteiger partial charge in [-0.05, 0) is 93.8 Å². The maximum Gasteiger partial charge on any atom is 0.339 e. The van der Waals surface area contributed by atoms with Gasteiger partial charge in [-0.25, -0.2) is 19.3 Å². The Morgan fingerprint density at radius 2 is 1.78 bits per heavy atom. The standard InChI is InChI=1S/C34H45F3N8O6/c1-5-50-43-34(49)40-26(33(48)45-15-14-44(4)18(2)17-45)19(3)23-12-13-25(24(35)16-23)38-31(46)28(21-8-10-22(11-9-21)30(36)37)39-32(47)29-27(20-6-7-20)41-51-42-29/h12-13,16,18-21,26,28H,5-11,14-15,17H2,1-4H3,(H,38,46)(H,39,47)(H2,40,43,49)/t18-,19+,26-,28+/m1/s1. The van der Waals surface area contributed by atoms with Gasteiger partial charge in [-0.3, -0.25) is 19.2 Å². The fraction of sp³-hybridized carbons (Fsp3) is 0.588. The Labute approximate surface area is 293 Å². The minimum Gasteiger partial charge on any atom is -0.338 e. The van der Waals surface area contributed by atoms with Gasteiger partial charge in [0.15, 0.2) is 5.69 Å². The molecule has 2 saturated carbocycles. The van der Waals surface area contributed by atoms with Crippen molar-refractivity contribution in [1.29, 1.82) is 0 Å². The molecule has 2 aromatic rings. The highest BCUT2D eigenvalue weighted by atomic mass is 19.3. The molecule has 1 aliphatic heterocycles. The van der Waals surface area contributed by atoms with Crippen molar-refractivity contribution in [3.8, 4) is 0 Å². The maximum absolute atomic E-state index is 15.8. The van der Waals surface area contributed by atoms with Crippen LogP contribution in [0.2, 0.25) is 0 Å². The summed E-state index contributed by atoms with van der Waals surface area (Å²) in [7, 11) is 1.97. The Morgan fingerprint density at radius 1 is 1.06 bits per heavy atom. The van der Waals surface area contributed by atoms with Crippen molar-refractivity contribution in [3.63, 3.8) is 0 Å². The Bertz CT molecular complexity index is 1620. The van der Waals surface area contributed by atoms with Crippen LogP contribution in [0.3, 0.4) is 0 Å². The molecular weight excluding hydrogens is 673 g/mol. The summed E-state index contributed by atoms with van der Waals surface area (Å²) in [5, 5.41) is 15.5. The molecule has 3 aliphatic rings. The van der Waals surface area contributed by atoms with Crippen LogP contribution < -0.4 is 21.4 Å². The molecule has 0 unspecified atom stereocenters. The molecule has 51 heavy (non-hydrogen) atoms. The van der Waals surface area contributed by atoms with E-state index >= 15 is 4.39 Å². The Kier molecular flexibility index (Phi) is 12.3. The summed E-state index contributed by atoms with van der Waals surface area (Å²) in [6.07, 6.45) is 0.388. The van der Waals surface area contributed by atoms with Crippen LogP contribution in [0.1, 0.15) is 92.9 Å². The number of hydrogen-bond donors (Lipinski definition) is 4. The number of hydroxylamine groups is 1. The molecule has 0 spiro atoms. The van der Waals surface area contributed by atoms with E-state index in [-0.39, 0.29) is 67.1 Å². The number of amides is 5. The molecule has 4 N–H and O–H groups in total. The van der Waals surface area contributed by atoms with Gasteiger partial charge in [0.1, 0.15) is 23.6 Å². The number of hydrogen-bond acceptors (Lipinski definition) is 9. The van der Waals surface area contributed by atoms with Gasteiger partial charge in [0.05, 0.1) is 12.3 Å². The molecule has 2 heterocycles. The van der Waals surface area contributed by atoms with Crippen LogP contribution in [-0.4, -0.2) is 95.3 Å². The minimum atomic E-state index is -1.75. The molecule has 0 bridgehead atoms. The van der Waals surface area contributed by atoms with Crippen molar-refractivity contribution in [2.24, 2.45) is 5.92 Å². The number of nitrogens with one attached hydrogen (secondary N) is 4. The highest BCUT2D eigenvalue weighted by Gasteiger charge is 2.38. The van der Waals surface area contributed by atoms with Crippen LogP contribution in [0.15, 0.2) is 34.5 Å². The van der Waals surface area contributed by atoms with E-state index in [1.54, 1.807) is 18.7 Å². The van der Waals surface area contributed by atoms with Crippen LogP contribution in [0.25, 0.3) is 0 Å². The molecule has 0 radical (unpaired) electrons. The van der Waals surface area contributed by atoms with E-state index in [1.165, 1.54) is 18.2 Å². The average molecular weight is 719 g/mol. The van der Waals surface area contributed by atoms with Crippen molar-refractivity contribution in [1.82, 2.24) is 36.2 Å². The number of rotatable bonds is 12. The Morgan fingerprint density at radius 3 is 2.41 bits per heavy atom. The second-order valence-corrected chi connectivity index (χ2v) is 13.5. The first kappa shape index (κ1) is 37.7. The zero-order chi connectivity index (χ0) is 36.8. The second-order valence-electron chi connectivity index (χ2n) is 13.5. The number of urea groups is 1. The number of benzene rings is 1. The summed E-state index contributed by atoms with van der Waals surface area (Å²) in [5.74, 6) is -3.80. The van der Waals surface area contributed by atoms with Gasteiger partial charge in [0.2, 0.25) is 11.8 Å². The number of nitrogens with zero attached hydrogens (tertiary/aromatic N) is 4. The molecule has 1 saturated heterocycles. The highest BCUT2D eigenvalue weighted by molar-refractivity contribution is 6.01. The van der Waals surface area contributed by atoms with E-state index in [9.17, 15) is 28.0 Å². The van der Waals surface area contributed by atoms with Gasteiger partial charge in [0, 0.05) is 37.5 Å². The number of aromatic nitrogens is 2. The lowest BCUT2D eigenvalue weighted by atomic mass is 9.81. The van der Waals surface area contributed by atoms with Crippen LogP contribution in [-0.2, 0) is 14.4 Å². The zero-order valence-electron chi connectivity index (χ0n) is 29.1. The molecule has 5 rings (SSSR count). The number of halogens is 3. The lowest BCUT2D eigenvalue weighted by molar-refractivity contribution is -0.136. The summed E-state index contributed by atoms with van der Waals surface area (Å²) >= 11 is 0. The SMILES string of the molecule is CCONC(=O)N[C@@H](C(=O)N1CCN(C)[C@H](C)C1)[C@@H](C)c1ccc(NC(=O)[C@@H](NC(=O)c2nonc2C2CC2)C2CCC(=C(F)F)CC2)c(F)c1. The first-order valence-corrected chi connectivity index (χ1v) is 17.3. The van der Waals surface area contributed by atoms with Crippen molar-refractivity contribution in [2.75, 3.05) is 38.6 Å². The summed E-state index contributed by atoms with van der Waals surface area (Å²) in [4.78, 5) is 62.2. The summed E-state index contributed by atoms with van der Waals surface area (Å²) in [5.41, 5.74) is 2.76. The second kappa shape index (κ2) is 16.7. The van der Waals surface area contributed by atoms with Crippen molar-refractivity contribution < 1.29 is 41.8 Å². The molecule has 14 nitrogen and oxygen atoms in total. The number of carbonyl (C=O) groups excluding carboxylic acids is 4. The molecule has 2 aliphatic carbocycles. The van der Waals surface area contributed by atoms with Crippen LogP contribution >= 0.6 is 0 Å². The monoisotopic (exact) mass is 718 g/mol. The molecule has 4 atom stereocenters. The van der Waals surface area contributed by atoms with E-state index in [0.29, 0.717) is 30.9 Å².